The van der Waals surface area contributed by atoms with Gasteiger partial charge in [-0.25, -0.2) is 13.4 Å². The Bertz CT molecular complexity index is 1080. The summed E-state index contributed by atoms with van der Waals surface area (Å²) in [5.74, 6) is -0.401. The molecule has 0 spiro atoms. The van der Waals surface area contributed by atoms with E-state index in [0.29, 0.717) is 5.69 Å². The first-order valence-corrected chi connectivity index (χ1v) is 11.5. The Kier molecular flexibility index (Phi) is 5.85. The highest BCUT2D eigenvalue weighted by Crippen LogP contribution is 2.30. The number of likely N-dealkylation sites (N-methyl/N-ethyl adjacent to an activating group) is 1. The highest BCUT2D eigenvalue weighted by Gasteiger charge is 2.22. The number of rotatable bonds is 6. The van der Waals surface area contributed by atoms with Gasteiger partial charge in [0.2, 0.25) is 15.9 Å². The van der Waals surface area contributed by atoms with Gasteiger partial charge in [0.25, 0.3) is 0 Å². The summed E-state index contributed by atoms with van der Waals surface area (Å²) in [6, 6.07) is 12.0. The van der Waals surface area contributed by atoms with Gasteiger partial charge in [0.05, 0.1) is 21.7 Å². The fourth-order valence-electron chi connectivity index (χ4n) is 2.45. The van der Waals surface area contributed by atoms with E-state index in [-0.39, 0.29) is 11.4 Å². The molecule has 2 aromatic carbocycles. The van der Waals surface area contributed by atoms with Crippen molar-refractivity contribution in [1.29, 1.82) is 0 Å². The van der Waals surface area contributed by atoms with Gasteiger partial charge in [-0.1, -0.05) is 29.5 Å². The third-order valence-corrected chi connectivity index (χ3v) is 7.74. The number of hydrogen-bond acceptors (Lipinski definition) is 6. The number of carbonyl (C=O) groups excluding carboxylic acids is 1. The summed E-state index contributed by atoms with van der Waals surface area (Å²) < 4.78 is 28.1. The molecule has 0 unspecified atom stereocenters. The number of anilines is 1. The zero-order chi connectivity index (χ0) is 19.6. The molecule has 9 heteroatoms. The number of carbonyl (C=O) groups is 1. The lowest BCUT2D eigenvalue weighted by molar-refractivity contribution is -0.116. The third-order valence-electron chi connectivity index (χ3n) is 3.92. The summed E-state index contributed by atoms with van der Waals surface area (Å²) in [6.07, 6.45) is 1.96. The van der Waals surface area contributed by atoms with Crippen molar-refractivity contribution in [2.24, 2.45) is 0 Å². The van der Waals surface area contributed by atoms with E-state index in [9.17, 15) is 13.2 Å². The van der Waals surface area contributed by atoms with Crippen LogP contribution in [-0.4, -0.2) is 43.5 Å². The summed E-state index contributed by atoms with van der Waals surface area (Å²) in [7, 11) is -2.32. The van der Waals surface area contributed by atoms with Gasteiger partial charge in [0, 0.05) is 12.7 Å². The second-order valence-corrected chi connectivity index (χ2v) is 10.1. The zero-order valence-corrected chi connectivity index (χ0v) is 17.5. The van der Waals surface area contributed by atoms with E-state index < -0.39 is 15.9 Å². The first kappa shape index (κ1) is 19.8. The number of hydrogen-bond donors (Lipinski definition) is 1. The largest absolute Gasteiger partial charge is 0.325 e. The Morgan fingerprint density at radius 2 is 1.93 bits per heavy atom. The molecule has 0 atom stereocenters. The van der Waals surface area contributed by atoms with Gasteiger partial charge >= 0.3 is 0 Å². The van der Waals surface area contributed by atoms with Crippen molar-refractivity contribution in [3.63, 3.8) is 0 Å². The van der Waals surface area contributed by atoms with Crippen molar-refractivity contribution < 1.29 is 13.2 Å². The van der Waals surface area contributed by atoms with Crippen molar-refractivity contribution in [3.05, 3.63) is 48.0 Å². The van der Waals surface area contributed by atoms with E-state index in [4.69, 9.17) is 0 Å². The summed E-state index contributed by atoms with van der Waals surface area (Å²) >= 11 is 3.12. The van der Waals surface area contributed by atoms with Crippen molar-refractivity contribution in [2.75, 3.05) is 25.2 Å². The number of nitrogens with one attached hydrogen (secondary N) is 1. The molecule has 0 aliphatic carbocycles. The minimum Gasteiger partial charge on any atom is -0.325 e. The topological polar surface area (TPSA) is 79.4 Å². The minimum atomic E-state index is -3.72. The zero-order valence-electron chi connectivity index (χ0n) is 15.1. The van der Waals surface area contributed by atoms with Crippen LogP contribution in [0.25, 0.3) is 10.2 Å². The van der Waals surface area contributed by atoms with Gasteiger partial charge in [-0.3, -0.25) is 4.79 Å². The molecule has 0 aliphatic heterocycles. The number of aromatic nitrogens is 1. The average molecular weight is 422 g/mol. The lowest BCUT2D eigenvalue weighted by atomic mass is 10.2. The van der Waals surface area contributed by atoms with Crippen LogP contribution in [0, 0.1) is 6.92 Å². The third kappa shape index (κ3) is 4.49. The number of benzene rings is 2. The molecule has 1 amide bonds. The number of amides is 1. The van der Waals surface area contributed by atoms with E-state index in [1.54, 1.807) is 53.4 Å². The van der Waals surface area contributed by atoms with E-state index in [1.165, 1.54) is 7.05 Å². The smallest absolute Gasteiger partial charge is 0.243 e. The summed E-state index contributed by atoms with van der Waals surface area (Å²) in [5.41, 5.74) is 2.46. The normalized spacial score (nSPS) is 11.9. The average Bonchev–Trinajstić information content (AvgIpc) is 3.04. The monoisotopic (exact) mass is 421 g/mol. The summed E-state index contributed by atoms with van der Waals surface area (Å²) in [5, 5.41) is 2.75. The highest BCUT2D eigenvalue weighted by molar-refractivity contribution is 8.00. The van der Waals surface area contributed by atoms with Crippen LogP contribution >= 0.6 is 23.1 Å². The maximum atomic E-state index is 12.6. The van der Waals surface area contributed by atoms with E-state index in [0.717, 1.165) is 24.4 Å². The highest BCUT2D eigenvalue weighted by atomic mass is 32.2. The molecule has 0 aliphatic rings. The van der Waals surface area contributed by atoms with Crippen LogP contribution in [0.4, 0.5) is 5.69 Å². The Morgan fingerprint density at radius 3 is 2.59 bits per heavy atom. The number of thioether (sulfide) groups is 1. The molecule has 27 heavy (non-hydrogen) atoms. The quantitative estimate of drug-likeness (QED) is 0.616. The van der Waals surface area contributed by atoms with Crippen molar-refractivity contribution in [3.8, 4) is 0 Å². The number of aryl methyl sites for hydroxylation is 1. The predicted molar refractivity (Wildman–Crippen MR) is 111 cm³/mol. The summed E-state index contributed by atoms with van der Waals surface area (Å²) in [6.45, 7) is 1.61. The second kappa shape index (κ2) is 7.97. The molecule has 0 saturated carbocycles. The first-order valence-electron chi connectivity index (χ1n) is 8.07. The van der Waals surface area contributed by atoms with Crippen molar-refractivity contribution in [2.45, 2.75) is 16.2 Å². The van der Waals surface area contributed by atoms with Crippen LogP contribution in [0.5, 0.6) is 0 Å². The van der Waals surface area contributed by atoms with Gasteiger partial charge in [0.15, 0.2) is 4.34 Å². The summed E-state index contributed by atoms with van der Waals surface area (Å²) in [4.78, 5) is 16.9. The molecule has 3 aromatic rings. The van der Waals surface area contributed by atoms with Crippen LogP contribution in [-0.2, 0) is 14.8 Å². The molecule has 0 radical (unpaired) electrons. The molecule has 1 heterocycles. The van der Waals surface area contributed by atoms with Crippen LogP contribution in [0.15, 0.2) is 51.7 Å². The molecule has 0 bridgehead atoms. The number of nitrogens with zero attached hydrogens (tertiary/aromatic N) is 2. The van der Waals surface area contributed by atoms with E-state index in [1.807, 2.05) is 25.3 Å². The molecule has 1 aromatic heterocycles. The van der Waals surface area contributed by atoms with Gasteiger partial charge in [-0.15, -0.1) is 11.3 Å². The fourth-order valence-corrected chi connectivity index (χ4v) is 5.10. The van der Waals surface area contributed by atoms with Crippen molar-refractivity contribution >= 4 is 54.9 Å². The van der Waals surface area contributed by atoms with Crippen LogP contribution in [0.2, 0.25) is 0 Å². The molecular weight excluding hydrogens is 402 g/mol. The Labute approximate surface area is 166 Å². The first-order chi connectivity index (χ1) is 12.8. The number of sulfonamides is 1. The van der Waals surface area contributed by atoms with Crippen molar-refractivity contribution in [1.82, 2.24) is 9.29 Å². The molecule has 0 saturated heterocycles. The van der Waals surface area contributed by atoms with Gasteiger partial charge in [-0.05, 0) is 43.5 Å². The SMILES string of the molecule is CSc1nc2ccc(NC(=O)CN(C)S(=O)(=O)c3ccc(C)cc3)cc2s1. The van der Waals surface area contributed by atoms with E-state index >= 15 is 0 Å². The Morgan fingerprint density at radius 1 is 1.22 bits per heavy atom. The van der Waals surface area contributed by atoms with Crippen LogP contribution in [0.1, 0.15) is 5.56 Å². The molecule has 142 valence electrons. The molecule has 1 N–H and O–H groups in total. The maximum absolute atomic E-state index is 12.6. The second-order valence-electron chi connectivity index (χ2n) is 5.99. The predicted octanol–water partition coefficient (Wildman–Crippen LogP) is 3.59. The Balaban J connectivity index is 1.70. The van der Waals surface area contributed by atoms with Crippen LogP contribution in [0.3, 0.4) is 0 Å². The Hall–Kier alpha value is -1.94. The lowest BCUT2D eigenvalue weighted by Crippen LogP contribution is -2.34. The molecule has 6 nitrogen and oxygen atoms in total. The minimum absolute atomic E-state index is 0.166. The van der Waals surface area contributed by atoms with Crippen LogP contribution < -0.4 is 5.32 Å². The standard InChI is InChI=1S/C18H19N3O3S3/c1-12-4-7-14(8-5-12)27(23,24)21(2)11-17(22)19-13-6-9-15-16(10-13)26-18(20-15)25-3/h4-10H,11H2,1-3H3,(H,19,22). The lowest BCUT2D eigenvalue weighted by Gasteiger charge is -2.17. The van der Waals surface area contributed by atoms with Gasteiger partial charge < -0.3 is 5.32 Å². The number of thiazole rings is 1. The fraction of sp³-hybridized carbons (Fsp3) is 0.222. The van der Waals surface area contributed by atoms with E-state index in [2.05, 4.69) is 10.3 Å². The van der Waals surface area contributed by atoms with Gasteiger partial charge in [0.1, 0.15) is 0 Å². The maximum Gasteiger partial charge on any atom is 0.243 e. The number of fused-ring (bicyclic) bond motifs is 1. The molecule has 0 fully saturated rings. The van der Waals surface area contributed by atoms with Gasteiger partial charge in [-0.2, -0.15) is 4.31 Å². The molecular formula is C18H19N3O3S3. The molecule has 3 rings (SSSR count).